The van der Waals surface area contributed by atoms with Crippen molar-refractivity contribution in [2.24, 2.45) is 0 Å². The van der Waals surface area contributed by atoms with Gasteiger partial charge in [-0.3, -0.25) is 4.72 Å². The van der Waals surface area contributed by atoms with Crippen molar-refractivity contribution in [3.8, 4) is 0 Å². The number of benzene rings is 1. The van der Waals surface area contributed by atoms with E-state index in [0.717, 1.165) is 24.8 Å². The van der Waals surface area contributed by atoms with Crippen LogP contribution in [0.5, 0.6) is 0 Å². The van der Waals surface area contributed by atoms with E-state index in [-0.39, 0.29) is 0 Å². The molecule has 100 valence electrons. The van der Waals surface area contributed by atoms with Gasteiger partial charge in [-0.15, -0.1) is 6.58 Å². The average molecular weight is 268 g/mol. The smallest absolute Gasteiger partial charge is 0.229 e. The number of hydrogen-bond donors (Lipinski definition) is 2. The summed E-state index contributed by atoms with van der Waals surface area (Å²) in [6.45, 7) is 5.77. The number of rotatable bonds is 7. The van der Waals surface area contributed by atoms with E-state index in [1.165, 1.54) is 0 Å². The average Bonchev–Trinajstić information content (AvgIpc) is 2.24. The molecule has 0 amide bonds. The minimum Gasteiger partial charge on any atom is -0.383 e. The van der Waals surface area contributed by atoms with Gasteiger partial charge in [0.25, 0.3) is 0 Å². The van der Waals surface area contributed by atoms with Gasteiger partial charge in [0.1, 0.15) is 0 Å². The van der Waals surface area contributed by atoms with Gasteiger partial charge in [-0.05, 0) is 38.0 Å². The minimum atomic E-state index is -3.23. The van der Waals surface area contributed by atoms with Crippen LogP contribution >= 0.6 is 0 Å². The number of anilines is 2. The monoisotopic (exact) mass is 268 g/mol. The minimum absolute atomic E-state index is 0.316. The van der Waals surface area contributed by atoms with Crippen LogP contribution in [0.1, 0.15) is 19.8 Å². The van der Waals surface area contributed by atoms with Crippen LogP contribution in [0.15, 0.2) is 36.9 Å². The first-order chi connectivity index (χ1) is 8.40. The molecule has 4 nitrogen and oxygen atoms in total. The fraction of sp³-hybridized carbons (Fsp3) is 0.385. The van der Waals surface area contributed by atoms with Crippen molar-refractivity contribution in [1.82, 2.24) is 0 Å². The molecule has 0 radical (unpaired) electrons. The molecule has 0 saturated carbocycles. The topological polar surface area (TPSA) is 58.2 Å². The van der Waals surface area contributed by atoms with Crippen LogP contribution in [0, 0.1) is 0 Å². The highest BCUT2D eigenvalue weighted by Crippen LogP contribution is 2.17. The molecular weight excluding hydrogens is 248 g/mol. The molecule has 0 aliphatic carbocycles. The fourth-order valence-electron chi connectivity index (χ4n) is 1.61. The second-order valence-corrected chi connectivity index (χ2v) is 6.11. The van der Waals surface area contributed by atoms with Crippen molar-refractivity contribution in [2.75, 3.05) is 16.3 Å². The highest BCUT2D eigenvalue weighted by Gasteiger charge is 2.04. The molecule has 0 aliphatic rings. The Labute approximate surface area is 109 Å². The zero-order valence-electron chi connectivity index (χ0n) is 10.8. The molecule has 1 aromatic carbocycles. The molecule has 1 rings (SSSR count). The van der Waals surface area contributed by atoms with Crippen LogP contribution in [-0.2, 0) is 10.0 Å². The van der Waals surface area contributed by atoms with Crippen molar-refractivity contribution in [1.29, 1.82) is 0 Å². The highest BCUT2D eigenvalue weighted by atomic mass is 32.2. The van der Waals surface area contributed by atoms with E-state index >= 15 is 0 Å². The summed E-state index contributed by atoms with van der Waals surface area (Å²) in [4.78, 5) is 0. The van der Waals surface area contributed by atoms with Gasteiger partial charge in [0.05, 0.1) is 11.9 Å². The third-order valence-electron chi connectivity index (χ3n) is 2.38. The van der Waals surface area contributed by atoms with Crippen molar-refractivity contribution in [3.05, 3.63) is 36.9 Å². The first-order valence-corrected chi connectivity index (χ1v) is 7.75. The molecule has 0 aliphatic heterocycles. The zero-order valence-corrected chi connectivity index (χ0v) is 11.6. The second-order valence-electron chi connectivity index (χ2n) is 4.37. The molecular formula is C13H20N2O2S. The molecule has 1 unspecified atom stereocenters. The normalized spacial score (nSPS) is 12.8. The second kappa shape index (κ2) is 6.44. The van der Waals surface area contributed by atoms with Crippen LogP contribution in [0.2, 0.25) is 0 Å². The lowest BCUT2D eigenvalue weighted by Crippen LogP contribution is -2.15. The molecule has 0 bridgehead atoms. The third-order valence-corrected chi connectivity index (χ3v) is 2.99. The molecule has 1 atom stereocenters. The van der Waals surface area contributed by atoms with Gasteiger partial charge in [0, 0.05) is 11.7 Å². The quantitative estimate of drug-likeness (QED) is 0.748. The van der Waals surface area contributed by atoms with E-state index in [4.69, 9.17) is 0 Å². The molecule has 5 heteroatoms. The maximum atomic E-state index is 11.1. The van der Waals surface area contributed by atoms with Crippen LogP contribution in [-0.4, -0.2) is 20.7 Å². The fourth-order valence-corrected chi connectivity index (χ4v) is 2.17. The molecule has 0 fully saturated rings. The third kappa shape index (κ3) is 5.72. The van der Waals surface area contributed by atoms with Crippen LogP contribution in [0.3, 0.4) is 0 Å². The van der Waals surface area contributed by atoms with Crippen LogP contribution in [0.25, 0.3) is 0 Å². The van der Waals surface area contributed by atoms with E-state index in [9.17, 15) is 8.42 Å². The van der Waals surface area contributed by atoms with Gasteiger partial charge in [0.15, 0.2) is 0 Å². The zero-order chi connectivity index (χ0) is 13.6. The molecule has 0 heterocycles. The SMILES string of the molecule is C=CCCC(C)Nc1cccc(NS(C)(=O)=O)c1. The molecule has 0 saturated heterocycles. The van der Waals surface area contributed by atoms with Gasteiger partial charge in [0.2, 0.25) is 10.0 Å². The van der Waals surface area contributed by atoms with Gasteiger partial charge >= 0.3 is 0 Å². The summed E-state index contributed by atoms with van der Waals surface area (Å²) >= 11 is 0. The summed E-state index contributed by atoms with van der Waals surface area (Å²) in [5.74, 6) is 0. The van der Waals surface area contributed by atoms with Crippen LogP contribution < -0.4 is 10.0 Å². The predicted molar refractivity (Wildman–Crippen MR) is 77.4 cm³/mol. The van der Waals surface area contributed by atoms with Crippen molar-refractivity contribution in [2.45, 2.75) is 25.8 Å². The van der Waals surface area contributed by atoms with E-state index < -0.39 is 10.0 Å². The number of hydrogen-bond acceptors (Lipinski definition) is 3. The van der Waals surface area contributed by atoms with E-state index in [1.54, 1.807) is 12.1 Å². The number of nitrogens with one attached hydrogen (secondary N) is 2. The summed E-state index contributed by atoms with van der Waals surface area (Å²) in [7, 11) is -3.23. The van der Waals surface area contributed by atoms with Gasteiger partial charge < -0.3 is 5.32 Å². The Morgan fingerprint density at radius 2 is 2.06 bits per heavy atom. The summed E-state index contributed by atoms with van der Waals surface area (Å²) in [5, 5.41) is 3.32. The van der Waals surface area contributed by atoms with Gasteiger partial charge in [-0.2, -0.15) is 0 Å². The van der Waals surface area contributed by atoms with Gasteiger partial charge in [-0.25, -0.2) is 8.42 Å². The van der Waals surface area contributed by atoms with Crippen LogP contribution in [0.4, 0.5) is 11.4 Å². The lowest BCUT2D eigenvalue weighted by molar-refractivity contribution is 0.607. The Hall–Kier alpha value is -1.49. The van der Waals surface area contributed by atoms with E-state index in [1.807, 2.05) is 18.2 Å². The molecule has 0 spiro atoms. The standard InChI is InChI=1S/C13H20N2O2S/c1-4-5-7-11(2)14-12-8-6-9-13(10-12)15-18(3,16)17/h4,6,8-11,14-15H,1,5,7H2,2-3H3. The van der Waals surface area contributed by atoms with Crippen molar-refractivity contribution in [3.63, 3.8) is 0 Å². The lowest BCUT2D eigenvalue weighted by atomic mass is 10.1. The van der Waals surface area contributed by atoms with E-state index in [2.05, 4.69) is 23.5 Å². The maximum Gasteiger partial charge on any atom is 0.229 e. The Kier molecular flexibility index (Phi) is 5.22. The number of sulfonamides is 1. The van der Waals surface area contributed by atoms with E-state index in [0.29, 0.717) is 11.7 Å². The molecule has 18 heavy (non-hydrogen) atoms. The Morgan fingerprint density at radius 3 is 2.67 bits per heavy atom. The van der Waals surface area contributed by atoms with Crippen molar-refractivity contribution >= 4 is 21.4 Å². The predicted octanol–water partition coefficient (Wildman–Crippen LogP) is 2.82. The molecule has 1 aromatic rings. The van der Waals surface area contributed by atoms with Gasteiger partial charge in [-0.1, -0.05) is 12.1 Å². The molecule has 0 aromatic heterocycles. The first kappa shape index (κ1) is 14.6. The summed E-state index contributed by atoms with van der Waals surface area (Å²) < 4.78 is 24.7. The Bertz CT molecular complexity index is 497. The Balaban J connectivity index is 2.67. The summed E-state index contributed by atoms with van der Waals surface area (Å²) in [6.07, 6.45) is 4.97. The largest absolute Gasteiger partial charge is 0.383 e. The number of allylic oxidation sites excluding steroid dienone is 1. The van der Waals surface area contributed by atoms with Crippen molar-refractivity contribution < 1.29 is 8.42 Å². The summed E-state index contributed by atoms with van der Waals surface area (Å²) in [6, 6.07) is 7.55. The lowest BCUT2D eigenvalue weighted by Gasteiger charge is -2.15. The summed E-state index contributed by atoms with van der Waals surface area (Å²) in [5.41, 5.74) is 1.47. The molecule has 2 N–H and O–H groups in total. The Morgan fingerprint density at radius 1 is 1.39 bits per heavy atom. The first-order valence-electron chi connectivity index (χ1n) is 5.86. The maximum absolute atomic E-state index is 11.1. The highest BCUT2D eigenvalue weighted by molar-refractivity contribution is 7.92.